The molecule has 0 aliphatic rings. The summed E-state index contributed by atoms with van der Waals surface area (Å²) in [5, 5.41) is 16.3. The van der Waals surface area contributed by atoms with Gasteiger partial charge in [0.15, 0.2) is 0 Å². The maximum atomic E-state index is 13.2. The minimum atomic E-state index is -0.281. The number of aromatic hydroxyl groups is 1. The third kappa shape index (κ3) is 3.17. The minimum absolute atomic E-state index is 0.238. The van der Waals surface area contributed by atoms with Crippen molar-refractivity contribution in [3.05, 3.63) is 71.7 Å². The molecule has 0 bridgehead atoms. The Kier molecular flexibility index (Phi) is 3.51. The van der Waals surface area contributed by atoms with Gasteiger partial charge in [-0.1, -0.05) is 30.3 Å². The first-order valence-corrected chi connectivity index (χ1v) is 6.49. The number of aromatic nitrogens is 2. The number of nitrogens with one attached hydrogen (secondary N) is 1. The van der Waals surface area contributed by atoms with Crippen LogP contribution in [-0.4, -0.2) is 15.3 Å². The maximum absolute atomic E-state index is 13.2. The highest BCUT2D eigenvalue weighted by molar-refractivity contribution is 5.71. The number of hydrogen-bond acceptors (Lipinski definition) is 2. The van der Waals surface area contributed by atoms with Gasteiger partial charge in [-0.05, 0) is 42.0 Å². The number of benzene rings is 2. The monoisotopic (exact) mass is 280 g/mol. The fourth-order valence-electron chi connectivity index (χ4n) is 1.99. The first-order chi connectivity index (χ1) is 10.2. The summed E-state index contributed by atoms with van der Waals surface area (Å²) in [6.45, 7) is 0. The van der Waals surface area contributed by atoms with E-state index >= 15 is 0 Å². The highest BCUT2D eigenvalue weighted by atomic mass is 19.1. The zero-order valence-electron chi connectivity index (χ0n) is 11.1. The smallest absolute Gasteiger partial charge is 0.123 e. The molecular formula is C17H13FN2O. The standard InChI is InChI=1S/C17H13FN2O/c18-14-3-1-2-13(10-14)17-11-15(19-20-17)7-4-12-5-8-16(21)9-6-12/h1-11,21H,(H,19,20)/b7-4+. The van der Waals surface area contributed by atoms with Gasteiger partial charge in [0, 0.05) is 5.56 Å². The number of phenols is 1. The maximum Gasteiger partial charge on any atom is 0.123 e. The molecule has 3 aromatic rings. The molecule has 0 radical (unpaired) electrons. The van der Waals surface area contributed by atoms with Gasteiger partial charge in [0.25, 0.3) is 0 Å². The molecule has 0 saturated heterocycles. The predicted octanol–water partition coefficient (Wildman–Crippen LogP) is 4.09. The number of halogens is 1. The number of hydrogen-bond donors (Lipinski definition) is 2. The van der Waals surface area contributed by atoms with E-state index in [1.165, 1.54) is 12.1 Å². The normalized spacial score (nSPS) is 11.1. The van der Waals surface area contributed by atoms with Crippen LogP contribution in [0.3, 0.4) is 0 Å². The summed E-state index contributed by atoms with van der Waals surface area (Å²) >= 11 is 0. The van der Waals surface area contributed by atoms with Gasteiger partial charge in [-0.25, -0.2) is 4.39 Å². The molecule has 0 atom stereocenters. The molecule has 0 saturated carbocycles. The number of rotatable bonds is 3. The van der Waals surface area contributed by atoms with Gasteiger partial charge in [0.2, 0.25) is 0 Å². The number of H-pyrrole nitrogens is 1. The van der Waals surface area contributed by atoms with E-state index in [4.69, 9.17) is 0 Å². The SMILES string of the molecule is Oc1ccc(/C=C/c2cc(-c3cccc(F)c3)n[nH]2)cc1. The second kappa shape index (κ2) is 5.63. The summed E-state index contributed by atoms with van der Waals surface area (Å²) in [5.41, 5.74) is 3.22. The molecule has 1 aromatic heterocycles. The first kappa shape index (κ1) is 13.1. The summed E-state index contributed by atoms with van der Waals surface area (Å²) < 4.78 is 13.2. The number of aromatic amines is 1. The van der Waals surface area contributed by atoms with E-state index in [0.29, 0.717) is 5.69 Å². The molecule has 104 valence electrons. The lowest BCUT2D eigenvalue weighted by molar-refractivity contribution is 0.475. The van der Waals surface area contributed by atoms with E-state index in [1.54, 1.807) is 18.2 Å². The van der Waals surface area contributed by atoms with Gasteiger partial charge in [-0.2, -0.15) is 5.10 Å². The van der Waals surface area contributed by atoms with Gasteiger partial charge in [0.05, 0.1) is 11.4 Å². The molecule has 3 nitrogen and oxygen atoms in total. The van der Waals surface area contributed by atoms with Crippen molar-refractivity contribution in [2.45, 2.75) is 0 Å². The lowest BCUT2D eigenvalue weighted by Crippen LogP contribution is -1.79. The molecule has 3 rings (SSSR count). The molecule has 0 amide bonds. The predicted molar refractivity (Wildman–Crippen MR) is 81.0 cm³/mol. The molecular weight excluding hydrogens is 267 g/mol. The van der Waals surface area contributed by atoms with Crippen LogP contribution < -0.4 is 0 Å². The van der Waals surface area contributed by atoms with E-state index < -0.39 is 0 Å². The fourth-order valence-corrected chi connectivity index (χ4v) is 1.99. The highest BCUT2D eigenvalue weighted by Gasteiger charge is 2.03. The highest BCUT2D eigenvalue weighted by Crippen LogP contribution is 2.19. The Morgan fingerprint density at radius 3 is 2.57 bits per heavy atom. The van der Waals surface area contributed by atoms with Crippen molar-refractivity contribution >= 4 is 12.2 Å². The van der Waals surface area contributed by atoms with E-state index in [-0.39, 0.29) is 11.6 Å². The summed E-state index contributed by atoms with van der Waals surface area (Å²) in [5.74, 6) is -0.0428. The van der Waals surface area contributed by atoms with Crippen molar-refractivity contribution in [3.63, 3.8) is 0 Å². The Bertz CT molecular complexity index is 775. The van der Waals surface area contributed by atoms with Crippen LogP contribution >= 0.6 is 0 Å². The second-order valence-electron chi connectivity index (χ2n) is 4.64. The van der Waals surface area contributed by atoms with Gasteiger partial charge in [-0.3, -0.25) is 5.10 Å². The molecule has 0 fully saturated rings. The van der Waals surface area contributed by atoms with Gasteiger partial charge in [0.1, 0.15) is 11.6 Å². The third-order valence-corrected chi connectivity index (χ3v) is 3.07. The Balaban J connectivity index is 1.80. The molecule has 4 heteroatoms. The topological polar surface area (TPSA) is 48.9 Å². The van der Waals surface area contributed by atoms with Crippen molar-refractivity contribution < 1.29 is 9.50 Å². The Morgan fingerprint density at radius 1 is 1.00 bits per heavy atom. The molecule has 1 heterocycles. The van der Waals surface area contributed by atoms with E-state index in [9.17, 15) is 9.50 Å². The zero-order valence-corrected chi connectivity index (χ0v) is 11.1. The Labute approximate surface area is 121 Å². The summed E-state index contributed by atoms with van der Waals surface area (Å²) in [7, 11) is 0. The Morgan fingerprint density at radius 2 is 1.81 bits per heavy atom. The third-order valence-electron chi connectivity index (χ3n) is 3.07. The molecule has 0 aliphatic carbocycles. The van der Waals surface area contributed by atoms with Crippen LogP contribution in [0.4, 0.5) is 4.39 Å². The van der Waals surface area contributed by atoms with E-state index in [1.807, 2.05) is 36.4 Å². The van der Waals surface area contributed by atoms with Crippen LogP contribution in [0, 0.1) is 5.82 Å². The molecule has 0 spiro atoms. The van der Waals surface area contributed by atoms with Crippen molar-refractivity contribution in [3.8, 4) is 17.0 Å². The first-order valence-electron chi connectivity index (χ1n) is 6.49. The lowest BCUT2D eigenvalue weighted by Gasteiger charge is -1.94. The van der Waals surface area contributed by atoms with Gasteiger partial charge >= 0.3 is 0 Å². The van der Waals surface area contributed by atoms with Crippen molar-refractivity contribution in [2.75, 3.05) is 0 Å². The average molecular weight is 280 g/mol. The number of nitrogens with zero attached hydrogens (tertiary/aromatic N) is 1. The zero-order chi connectivity index (χ0) is 14.7. The lowest BCUT2D eigenvalue weighted by atomic mass is 10.1. The fraction of sp³-hybridized carbons (Fsp3) is 0. The molecule has 0 unspecified atom stereocenters. The van der Waals surface area contributed by atoms with Crippen LogP contribution in [-0.2, 0) is 0 Å². The second-order valence-corrected chi connectivity index (χ2v) is 4.64. The van der Waals surface area contributed by atoms with Crippen LogP contribution in [0.5, 0.6) is 5.75 Å². The molecule has 21 heavy (non-hydrogen) atoms. The minimum Gasteiger partial charge on any atom is -0.508 e. The average Bonchev–Trinajstić information content (AvgIpc) is 2.96. The van der Waals surface area contributed by atoms with Crippen LogP contribution in [0.2, 0.25) is 0 Å². The van der Waals surface area contributed by atoms with Gasteiger partial charge < -0.3 is 5.11 Å². The largest absolute Gasteiger partial charge is 0.508 e. The van der Waals surface area contributed by atoms with E-state index in [2.05, 4.69) is 10.2 Å². The van der Waals surface area contributed by atoms with E-state index in [0.717, 1.165) is 16.8 Å². The van der Waals surface area contributed by atoms with Crippen LogP contribution in [0.15, 0.2) is 54.6 Å². The number of phenolic OH excluding ortho intramolecular Hbond substituents is 1. The summed E-state index contributed by atoms with van der Waals surface area (Å²) in [6.07, 6.45) is 3.78. The quantitative estimate of drug-likeness (QED) is 0.759. The van der Waals surface area contributed by atoms with Crippen molar-refractivity contribution in [1.82, 2.24) is 10.2 Å². The summed E-state index contributed by atoms with van der Waals surface area (Å²) in [6, 6.07) is 15.1. The van der Waals surface area contributed by atoms with Crippen LogP contribution in [0.1, 0.15) is 11.3 Å². The van der Waals surface area contributed by atoms with Gasteiger partial charge in [-0.15, -0.1) is 0 Å². The molecule has 2 aromatic carbocycles. The molecule has 2 N–H and O–H groups in total. The van der Waals surface area contributed by atoms with Crippen molar-refractivity contribution in [2.24, 2.45) is 0 Å². The summed E-state index contributed by atoms with van der Waals surface area (Å²) in [4.78, 5) is 0. The molecule has 0 aliphatic heterocycles. The van der Waals surface area contributed by atoms with Crippen molar-refractivity contribution in [1.29, 1.82) is 0 Å². The Hall–Kier alpha value is -2.88. The van der Waals surface area contributed by atoms with Crippen LogP contribution in [0.25, 0.3) is 23.4 Å².